The van der Waals surface area contributed by atoms with Gasteiger partial charge >= 0.3 is 0 Å². The molecule has 0 amide bonds. The van der Waals surface area contributed by atoms with Gasteiger partial charge in [0, 0.05) is 12.5 Å². The Bertz CT molecular complexity index is 582. The van der Waals surface area contributed by atoms with E-state index in [1.54, 1.807) is 18.2 Å². The Hall–Kier alpha value is -2.16. The summed E-state index contributed by atoms with van der Waals surface area (Å²) in [5.41, 5.74) is 1.46. The van der Waals surface area contributed by atoms with E-state index in [0.717, 1.165) is 12.2 Å². The summed E-state index contributed by atoms with van der Waals surface area (Å²) in [6, 6.07) is 15.1. The molecule has 0 aliphatic heterocycles. The van der Waals surface area contributed by atoms with Crippen LogP contribution in [0.25, 0.3) is 0 Å². The van der Waals surface area contributed by atoms with Gasteiger partial charge in [0.15, 0.2) is 0 Å². The average molecular weight is 300 g/mol. The highest BCUT2D eigenvalue weighted by Gasteiger charge is 2.12. The minimum atomic E-state index is 0.160. The van der Waals surface area contributed by atoms with Crippen LogP contribution in [0.2, 0.25) is 0 Å². The molecule has 0 saturated heterocycles. The highest BCUT2D eigenvalue weighted by molar-refractivity contribution is 5.32. The van der Waals surface area contributed by atoms with Crippen LogP contribution < -0.4 is 9.47 Å². The first-order valence-electron chi connectivity index (χ1n) is 7.60. The molecular weight excluding hydrogens is 276 g/mol. The molecule has 0 saturated carbocycles. The molecule has 0 radical (unpaired) electrons. The van der Waals surface area contributed by atoms with Gasteiger partial charge in [-0.05, 0) is 35.2 Å². The molecule has 0 aromatic heterocycles. The fourth-order valence-electron chi connectivity index (χ4n) is 2.06. The number of phenols is 1. The van der Waals surface area contributed by atoms with Gasteiger partial charge < -0.3 is 14.6 Å². The van der Waals surface area contributed by atoms with Gasteiger partial charge in [-0.3, -0.25) is 0 Å². The summed E-state index contributed by atoms with van der Waals surface area (Å²) in [6.07, 6.45) is 0.788. The van der Waals surface area contributed by atoms with Gasteiger partial charge in [-0.1, -0.05) is 39.0 Å². The SMILES string of the molecule is CC(C)(C)c1ccc(OCCCOc2cccc(O)c2)cc1. The monoisotopic (exact) mass is 300 g/mol. The van der Waals surface area contributed by atoms with Crippen LogP contribution in [0, 0.1) is 0 Å². The first kappa shape index (κ1) is 16.2. The highest BCUT2D eigenvalue weighted by Crippen LogP contribution is 2.24. The lowest BCUT2D eigenvalue weighted by Crippen LogP contribution is -2.10. The van der Waals surface area contributed by atoms with Gasteiger partial charge in [-0.25, -0.2) is 0 Å². The molecule has 3 nitrogen and oxygen atoms in total. The largest absolute Gasteiger partial charge is 0.508 e. The smallest absolute Gasteiger partial charge is 0.122 e. The molecule has 3 heteroatoms. The zero-order valence-corrected chi connectivity index (χ0v) is 13.5. The first-order chi connectivity index (χ1) is 10.4. The summed E-state index contributed by atoms with van der Waals surface area (Å²) in [7, 11) is 0. The molecule has 118 valence electrons. The van der Waals surface area contributed by atoms with E-state index in [1.807, 2.05) is 18.2 Å². The summed E-state index contributed by atoms with van der Waals surface area (Å²) < 4.78 is 11.3. The molecule has 0 unspecified atom stereocenters. The highest BCUT2D eigenvalue weighted by atomic mass is 16.5. The average Bonchev–Trinajstić information content (AvgIpc) is 2.46. The zero-order valence-electron chi connectivity index (χ0n) is 13.5. The Morgan fingerprint density at radius 2 is 1.50 bits per heavy atom. The van der Waals surface area contributed by atoms with Crippen LogP contribution in [0.4, 0.5) is 0 Å². The van der Waals surface area contributed by atoms with Crippen LogP contribution in [-0.2, 0) is 5.41 Å². The summed E-state index contributed by atoms with van der Waals surface area (Å²) >= 11 is 0. The zero-order chi connectivity index (χ0) is 16.0. The van der Waals surface area contributed by atoms with Crippen molar-refractivity contribution in [3.8, 4) is 17.2 Å². The fourth-order valence-corrected chi connectivity index (χ4v) is 2.06. The van der Waals surface area contributed by atoms with Crippen molar-refractivity contribution in [1.82, 2.24) is 0 Å². The number of rotatable bonds is 6. The Morgan fingerprint density at radius 1 is 0.864 bits per heavy atom. The number of hydrogen-bond donors (Lipinski definition) is 1. The molecule has 22 heavy (non-hydrogen) atoms. The summed E-state index contributed by atoms with van der Waals surface area (Å²) in [6.45, 7) is 7.75. The Labute approximate surface area is 132 Å². The second-order valence-electron chi connectivity index (χ2n) is 6.32. The van der Waals surface area contributed by atoms with Gasteiger partial charge in [0.05, 0.1) is 13.2 Å². The van der Waals surface area contributed by atoms with Gasteiger partial charge in [0.2, 0.25) is 0 Å². The summed E-state index contributed by atoms with van der Waals surface area (Å²) in [5.74, 6) is 1.77. The topological polar surface area (TPSA) is 38.7 Å². The van der Waals surface area contributed by atoms with Crippen molar-refractivity contribution < 1.29 is 14.6 Å². The second-order valence-corrected chi connectivity index (χ2v) is 6.32. The molecule has 2 aromatic carbocycles. The van der Waals surface area contributed by atoms with Crippen LogP contribution in [0.15, 0.2) is 48.5 Å². The molecule has 2 rings (SSSR count). The van der Waals surface area contributed by atoms with Crippen LogP contribution in [0.5, 0.6) is 17.2 Å². The van der Waals surface area contributed by atoms with Gasteiger partial charge in [-0.2, -0.15) is 0 Å². The Balaban J connectivity index is 1.70. The van der Waals surface area contributed by atoms with Crippen molar-refractivity contribution in [2.24, 2.45) is 0 Å². The maximum atomic E-state index is 9.34. The minimum Gasteiger partial charge on any atom is -0.508 e. The van der Waals surface area contributed by atoms with Gasteiger partial charge in [-0.15, -0.1) is 0 Å². The first-order valence-corrected chi connectivity index (χ1v) is 7.60. The fraction of sp³-hybridized carbons (Fsp3) is 0.368. The maximum absolute atomic E-state index is 9.34. The van der Waals surface area contributed by atoms with Crippen LogP contribution in [-0.4, -0.2) is 18.3 Å². The van der Waals surface area contributed by atoms with E-state index < -0.39 is 0 Å². The predicted molar refractivity (Wildman–Crippen MR) is 88.9 cm³/mol. The number of aromatic hydroxyl groups is 1. The Morgan fingerprint density at radius 3 is 2.09 bits per heavy atom. The molecule has 0 aliphatic rings. The van der Waals surface area contributed by atoms with Crippen molar-refractivity contribution in [2.45, 2.75) is 32.6 Å². The summed E-state index contributed by atoms with van der Waals surface area (Å²) in [5, 5.41) is 9.34. The third-order valence-electron chi connectivity index (χ3n) is 3.36. The van der Waals surface area contributed by atoms with Crippen molar-refractivity contribution in [3.63, 3.8) is 0 Å². The van der Waals surface area contributed by atoms with Gasteiger partial charge in [0.1, 0.15) is 17.2 Å². The predicted octanol–water partition coefficient (Wildman–Crippen LogP) is 4.54. The third kappa shape index (κ3) is 4.99. The van der Waals surface area contributed by atoms with E-state index >= 15 is 0 Å². The van der Waals surface area contributed by atoms with Crippen molar-refractivity contribution in [1.29, 1.82) is 0 Å². The molecule has 0 bridgehead atoms. The van der Waals surface area contributed by atoms with E-state index in [9.17, 15) is 5.11 Å². The lowest BCUT2D eigenvalue weighted by Gasteiger charge is -2.19. The van der Waals surface area contributed by atoms with Crippen LogP contribution >= 0.6 is 0 Å². The standard InChI is InChI=1S/C19H24O3/c1-19(2,3)15-8-10-17(11-9-15)21-12-5-13-22-18-7-4-6-16(20)14-18/h4,6-11,14,20H,5,12-13H2,1-3H3. The molecule has 0 aliphatic carbocycles. The van der Waals surface area contributed by atoms with Crippen molar-refractivity contribution >= 4 is 0 Å². The molecule has 0 atom stereocenters. The normalized spacial score (nSPS) is 11.2. The van der Waals surface area contributed by atoms with E-state index in [1.165, 1.54) is 5.56 Å². The van der Waals surface area contributed by atoms with E-state index in [4.69, 9.17) is 9.47 Å². The maximum Gasteiger partial charge on any atom is 0.122 e. The number of benzene rings is 2. The molecule has 2 aromatic rings. The van der Waals surface area contributed by atoms with Crippen LogP contribution in [0.1, 0.15) is 32.8 Å². The molecule has 0 fully saturated rings. The quantitative estimate of drug-likeness (QED) is 0.796. The summed E-state index contributed by atoms with van der Waals surface area (Å²) in [4.78, 5) is 0. The lowest BCUT2D eigenvalue weighted by atomic mass is 9.87. The van der Waals surface area contributed by atoms with E-state index in [0.29, 0.717) is 19.0 Å². The van der Waals surface area contributed by atoms with Gasteiger partial charge in [0.25, 0.3) is 0 Å². The van der Waals surface area contributed by atoms with Crippen molar-refractivity contribution in [2.75, 3.05) is 13.2 Å². The second kappa shape index (κ2) is 7.21. The molecule has 0 heterocycles. The minimum absolute atomic E-state index is 0.160. The molecule has 0 spiro atoms. The van der Waals surface area contributed by atoms with E-state index in [2.05, 4.69) is 32.9 Å². The lowest BCUT2D eigenvalue weighted by molar-refractivity contribution is 0.247. The number of hydrogen-bond acceptors (Lipinski definition) is 3. The molecular formula is C19H24O3. The third-order valence-corrected chi connectivity index (χ3v) is 3.36. The Kier molecular flexibility index (Phi) is 5.31. The van der Waals surface area contributed by atoms with Crippen LogP contribution in [0.3, 0.4) is 0 Å². The number of phenolic OH excluding ortho intramolecular Hbond substituents is 1. The van der Waals surface area contributed by atoms with E-state index in [-0.39, 0.29) is 11.2 Å². The van der Waals surface area contributed by atoms with Crippen molar-refractivity contribution in [3.05, 3.63) is 54.1 Å². The number of ether oxygens (including phenoxy) is 2. The molecule has 1 N–H and O–H groups in total.